The number of methoxy groups -OCH3 is 4. The maximum Gasteiger partial charge on any atom is 0.136 e. The molecule has 0 saturated heterocycles. The maximum absolute atomic E-state index is 5.65. The predicted molar refractivity (Wildman–Crippen MR) is 103 cm³/mol. The van der Waals surface area contributed by atoms with Gasteiger partial charge in [-0.05, 0) is 34.0 Å². The van der Waals surface area contributed by atoms with Crippen molar-refractivity contribution in [2.75, 3.05) is 28.4 Å². The highest BCUT2D eigenvalue weighted by Gasteiger charge is 2.26. The van der Waals surface area contributed by atoms with Gasteiger partial charge in [0.15, 0.2) is 0 Å². The van der Waals surface area contributed by atoms with Crippen LogP contribution in [0.15, 0.2) is 34.8 Å². The molecule has 0 spiro atoms. The minimum Gasteiger partial charge on any atom is -0.497 e. The summed E-state index contributed by atoms with van der Waals surface area (Å²) in [7, 11) is 6.65. The second kappa shape index (κ2) is 8.48. The fourth-order valence-electron chi connectivity index (χ4n) is 3.09. The van der Waals surface area contributed by atoms with Gasteiger partial charge in [-0.25, -0.2) is 0 Å². The Balaban J connectivity index is 2.66. The summed E-state index contributed by atoms with van der Waals surface area (Å²) in [4.78, 5) is 0. The van der Waals surface area contributed by atoms with Gasteiger partial charge in [0.1, 0.15) is 23.0 Å². The van der Waals surface area contributed by atoms with Crippen LogP contribution in [0.3, 0.4) is 0 Å². The molecule has 4 nitrogen and oxygen atoms in total. The van der Waals surface area contributed by atoms with Gasteiger partial charge in [0, 0.05) is 29.2 Å². The van der Waals surface area contributed by atoms with Crippen molar-refractivity contribution in [1.82, 2.24) is 0 Å². The maximum atomic E-state index is 5.65. The molecule has 0 bridgehead atoms. The summed E-state index contributed by atoms with van der Waals surface area (Å²) < 4.78 is 22.9. The zero-order chi connectivity index (χ0) is 18.6. The Morgan fingerprint density at radius 2 is 1.32 bits per heavy atom. The normalized spacial score (nSPS) is 12.0. The van der Waals surface area contributed by atoms with E-state index < -0.39 is 0 Å². The quantitative estimate of drug-likeness (QED) is 0.624. The lowest BCUT2D eigenvalue weighted by molar-refractivity contribution is 0.376. The molecule has 0 heterocycles. The van der Waals surface area contributed by atoms with Crippen LogP contribution in [0.1, 0.15) is 30.9 Å². The molecule has 1 atom stereocenters. The SMILES string of the molecule is COc1ccc(C(c2cc(Br)c(OC)cc2OC)C(C)C)c(OC)c1. The predicted octanol–water partition coefficient (Wildman–Crippen LogP) is 5.27. The van der Waals surface area contributed by atoms with E-state index in [1.165, 1.54) is 0 Å². The van der Waals surface area contributed by atoms with Crippen molar-refractivity contribution in [2.45, 2.75) is 19.8 Å². The van der Waals surface area contributed by atoms with E-state index in [9.17, 15) is 0 Å². The van der Waals surface area contributed by atoms with Crippen LogP contribution in [0.2, 0.25) is 0 Å². The molecule has 1 unspecified atom stereocenters. The Hall–Kier alpha value is -1.88. The van der Waals surface area contributed by atoms with Crippen LogP contribution in [0, 0.1) is 5.92 Å². The number of rotatable bonds is 7. The molecule has 25 heavy (non-hydrogen) atoms. The Bertz CT molecular complexity index is 728. The monoisotopic (exact) mass is 408 g/mol. The van der Waals surface area contributed by atoms with Crippen LogP contribution in [0.25, 0.3) is 0 Å². The molecule has 0 N–H and O–H groups in total. The number of hydrogen-bond acceptors (Lipinski definition) is 4. The minimum atomic E-state index is 0.0954. The Morgan fingerprint density at radius 3 is 1.84 bits per heavy atom. The minimum absolute atomic E-state index is 0.0954. The van der Waals surface area contributed by atoms with Crippen LogP contribution in [-0.4, -0.2) is 28.4 Å². The molecule has 0 amide bonds. The van der Waals surface area contributed by atoms with Crippen LogP contribution in [-0.2, 0) is 0 Å². The molecule has 0 aliphatic heterocycles. The van der Waals surface area contributed by atoms with Crippen molar-refractivity contribution in [2.24, 2.45) is 5.92 Å². The summed E-state index contributed by atoms with van der Waals surface area (Å²) in [6.07, 6.45) is 0. The largest absolute Gasteiger partial charge is 0.497 e. The zero-order valence-corrected chi connectivity index (χ0v) is 17.1. The highest BCUT2D eigenvalue weighted by molar-refractivity contribution is 9.10. The molecule has 0 aromatic heterocycles. The molecule has 0 aliphatic carbocycles. The van der Waals surface area contributed by atoms with E-state index in [0.717, 1.165) is 38.6 Å². The van der Waals surface area contributed by atoms with Gasteiger partial charge in [-0.1, -0.05) is 19.9 Å². The Kier molecular flexibility index (Phi) is 6.59. The fourth-order valence-corrected chi connectivity index (χ4v) is 3.61. The van der Waals surface area contributed by atoms with Gasteiger partial charge in [0.2, 0.25) is 0 Å². The van der Waals surface area contributed by atoms with E-state index >= 15 is 0 Å². The zero-order valence-electron chi connectivity index (χ0n) is 15.6. The highest BCUT2D eigenvalue weighted by Crippen LogP contribution is 2.45. The fraction of sp³-hybridized carbons (Fsp3) is 0.400. The molecular formula is C20H25BrO4. The Morgan fingerprint density at radius 1 is 0.720 bits per heavy atom. The average Bonchev–Trinajstić information content (AvgIpc) is 2.62. The molecule has 136 valence electrons. The van der Waals surface area contributed by atoms with Gasteiger partial charge < -0.3 is 18.9 Å². The van der Waals surface area contributed by atoms with Crippen LogP contribution >= 0.6 is 15.9 Å². The first-order chi connectivity index (χ1) is 12.0. The first kappa shape index (κ1) is 19.4. The molecular weight excluding hydrogens is 384 g/mol. The molecule has 5 heteroatoms. The molecule has 2 aromatic carbocycles. The van der Waals surface area contributed by atoms with Crippen LogP contribution < -0.4 is 18.9 Å². The summed E-state index contributed by atoms with van der Waals surface area (Å²) in [6, 6.07) is 9.89. The van der Waals surface area contributed by atoms with Gasteiger partial charge in [-0.15, -0.1) is 0 Å². The number of benzene rings is 2. The van der Waals surface area contributed by atoms with E-state index in [-0.39, 0.29) is 5.92 Å². The lowest BCUT2D eigenvalue weighted by Gasteiger charge is -2.26. The second-order valence-electron chi connectivity index (χ2n) is 6.06. The Labute approximate surface area is 158 Å². The first-order valence-electron chi connectivity index (χ1n) is 8.10. The van der Waals surface area contributed by atoms with Gasteiger partial charge in [-0.3, -0.25) is 0 Å². The van der Waals surface area contributed by atoms with Gasteiger partial charge in [0.25, 0.3) is 0 Å². The van der Waals surface area contributed by atoms with Crippen molar-refractivity contribution >= 4 is 15.9 Å². The lowest BCUT2D eigenvalue weighted by atomic mass is 9.81. The summed E-state index contributed by atoms with van der Waals surface area (Å²) in [5.41, 5.74) is 2.17. The van der Waals surface area contributed by atoms with Crippen LogP contribution in [0.5, 0.6) is 23.0 Å². The molecule has 0 radical (unpaired) electrons. The van der Waals surface area contributed by atoms with Gasteiger partial charge in [0.05, 0.1) is 32.9 Å². The van der Waals surface area contributed by atoms with Crippen molar-refractivity contribution in [3.63, 3.8) is 0 Å². The summed E-state index contributed by atoms with van der Waals surface area (Å²) in [5.74, 6) is 3.52. The summed E-state index contributed by atoms with van der Waals surface area (Å²) >= 11 is 3.59. The van der Waals surface area contributed by atoms with Crippen molar-refractivity contribution in [3.8, 4) is 23.0 Å². The number of halogens is 1. The second-order valence-corrected chi connectivity index (χ2v) is 6.91. The average molecular weight is 409 g/mol. The summed E-state index contributed by atoms with van der Waals surface area (Å²) in [6.45, 7) is 4.37. The summed E-state index contributed by atoms with van der Waals surface area (Å²) in [5, 5.41) is 0. The van der Waals surface area contributed by atoms with Gasteiger partial charge >= 0.3 is 0 Å². The van der Waals surface area contributed by atoms with E-state index in [0.29, 0.717) is 5.92 Å². The van der Waals surface area contributed by atoms with Crippen molar-refractivity contribution in [1.29, 1.82) is 0 Å². The number of hydrogen-bond donors (Lipinski definition) is 0. The molecule has 0 fully saturated rings. The van der Waals surface area contributed by atoms with Crippen molar-refractivity contribution < 1.29 is 18.9 Å². The van der Waals surface area contributed by atoms with E-state index in [4.69, 9.17) is 18.9 Å². The number of ether oxygens (including phenoxy) is 4. The lowest BCUT2D eigenvalue weighted by Crippen LogP contribution is -2.12. The topological polar surface area (TPSA) is 36.9 Å². The van der Waals surface area contributed by atoms with E-state index in [1.54, 1.807) is 28.4 Å². The third-order valence-corrected chi connectivity index (χ3v) is 4.90. The molecule has 2 aromatic rings. The van der Waals surface area contributed by atoms with E-state index in [1.807, 2.05) is 18.2 Å². The standard InChI is InChI=1S/C20H25BrO4/c1-12(2)20(14-8-7-13(22-3)9-17(14)23-4)15-10-16(21)19(25-6)11-18(15)24-5/h7-12,20H,1-6H3. The van der Waals surface area contributed by atoms with E-state index in [2.05, 4.69) is 41.9 Å². The van der Waals surface area contributed by atoms with Crippen LogP contribution in [0.4, 0.5) is 0 Å². The first-order valence-corrected chi connectivity index (χ1v) is 8.89. The van der Waals surface area contributed by atoms with Gasteiger partial charge in [-0.2, -0.15) is 0 Å². The molecule has 0 saturated carbocycles. The molecule has 2 rings (SSSR count). The van der Waals surface area contributed by atoms with Crippen molar-refractivity contribution in [3.05, 3.63) is 45.9 Å². The highest BCUT2D eigenvalue weighted by atomic mass is 79.9. The third-order valence-electron chi connectivity index (χ3n) is 4.28. The smallest absolute Gasteiger partial charge is 0.136 e. The third kappa shape index (κ3) is 4.03. The molecule has 0 aliphatic rings.